The average molecular weight is 467 g/mol. The highest BCUT2D eigenvalue weighted by molar-refractivity contribution is 7.89. The third-order valence-corrected chi connectivity index (χ3v) is 7.58. The molecule has 1 N–H and O–H groups in total. The summed E-state index contributed by atoms with van der Waals surface area (Å²) in [6.07, 6.45) is 3.15. The first kappa shape index (κ1) is 23.0. The molecule has 1 aliphatic rings. The molecule has 33 heavy (non-hydrogen) atoms. The Kier molecular flexibility index (Phi) is 6.78. The van der Waals surface area contributed by atoms with Gasteiger partial charge in [-0.15, -0.1) is 0 Å². The van der Waals surface area contributed by atoms with Gasteiger partial charge >= 0.3 is 0 Å². The number of benzene rings is 3. The first-order valence-corrected chi connectivity index (χ1v) is 12.1. The number of ether oxygens (including phenoxy) is 2. The molecule has 8 heteroatoms. The third-order valence-electron chi connectivity index (χ3n) is 5.54. The van der Waals surface area contributed by atoms with Gasteiger partial charge in [-0.05, 0) is 65.2 Å². The Morgan fingerprint density at radius 1 is 1.03 bits per heavy atom. The molecule has 1 fully saturated rings. The first-order chi connectivity index (χ1) is 15.9. The van der Waals surface area contributed by atoms with Crippen LogP contribution in [0.15, 0.2) is 65.6 Å². The molecule has 4 rings (SSSR count). The summed E-state index contributed by atoms with van der Waals surface area (Å²) in [6.45, 7) is 3.14. The number of methoxy groups -OCH3 is 1. The Morgan fingerprint density at radius 2 is 1.76 bits per heavy atom. The van der Waals surface area contributed by atoms with Gasteiger partial charge in [0, 0.05) is 24.9 Å². The van der Waals surface area contributed by atoms with Crippen LogP contribution in [0.1, 0.15) is 11.1 Å². The summed E-state index contributed by atoms with van der Waals surface area (Å²) in [4.78, 5) is 12.7. The van der Waals surface area contributed by atoms with E-state index in [2.05, 4.69) is 5.32 Å². The highest BCUT2D eigenvalue weighted by Gasteiger charge is 2.28. The number of carbonyl (C=O) groups is 1. The Bertz CT molecular complexity index is 1310. The molecule has 172 valence electrons. The van der Waals surface area contributed by atoms with Crippen LogP contribution in [0, 0.1) is 6.92 Å². The molecular formula is C25H26N2O5S. The summed E-state index contributed by atoms with van der Waals surface area (Å²) in [6, 6.07) is 16.6. The molecule has 0 aromatic heterocycles. The van der Waals surface area contributed by atoms with E-state index < -0.39 is 10.0 Å². The number of nitrogens with one attached hydrogen (secondary N) is 1. The number of fused-ring (bicyclic) bond motifs is 1. The van der Waals surface area contributed by atoms with Crippen LogP contribution in [-0.2, 0) is 19.6 Å². The predicted molar refractivity (Wildman–Crippen MR) is 129 cm³/mol. The second-order valence-corrected chi connectivity index (χ2v) is 9.70. The molecule has 1 amide bonds. The zero-order chi connectivity index (χ0) is 23.4. The van der Waals surface area contributed by atoms with Crippen LogP contribution in [0.4, 0.5) is 5.69 Å². The van der Waals surface area contributed by atoms with Crippen LogP contribution in [0.3, 0.4) is 0 Å². The van der Waals surface area contributed by atoms with Gasteiger partial charge in [0.1, 0.15) is 5.75 Å². The topological polar surface area (TPSA) is 84.9 Å². The Balaban J connectivity index is 1.49. The summed E-state index contributed by atoms with van der Waals surface area (Å²) in [5.41, 5.74) is 1.93. The number of morpholine rings is 1. The standard InChI is InChI=1S/C25H26N2O5S/c1-18-3-8-22(17-24(18)33(29,30)27-11-13-32-14-12-27)26-25(28)10-5-19-4-6-21-16-23(31-2)9-7-20(21)15-19/h3-10,15-17H,11-14H2,1-2H3,(H,26,28). The molecule has 1 aliphatic heterocycles. The average Bonchev–Trinajstić information content (AvgIpc) is 2.84. The van der Waals surface area contributed by atoms with Crippen molar-refractivity contribution in [2.45, 2.75) is 11.8 Å². The zero-order valence-electron chi connectivity index (χ0n) is 18.6. The van der Waals surface area contributed by atoms with Crippen molar-refractivity contribution in [3.63, 3.8) is 0 Å². The minimum absolute atomic E-state index is 0.191. The largest absolute Gasteiger partial charge is 0.497 e. The number of anilines is 1. The summed E-state index contributed by atoms with van der Waals surface area (Å²) < 4.78 is 38.0. The number of sulfonamides is 1. The molecule has 0 saturated carbocycles. The normalized spacial score (nSPS) is 15.1. The predicted octanol–water partition coefficient (Wildman–Crippen LogP) is 3.83. The van der Waals surface area contributed by atoms with Crippen LogP contribution < -0.4 is 10.1 Å². The summed E-state index contributed by atoms with van der Waals surface area (Å²) in [5.74, 6) is 0.446. The molecule has 0 aliphatic carbocycles. The third kappa shape index (κ3) is 5.24. The van der Waals surface area contributed by atoms with Crippen LogP contribution in [0.2, 0.25) is 0 Å². The minimum atomic E-state index is -3.66. The monoisotopic (exact) mass is 466 g/mol. The van der Waals surface area contributed by atoms with E-state index in [1.807, 2.05) is 36.4 Å². The highest BCUT2D eigenvalue weighted by atomic mass is 32.2. The number of hydrogen-bond donors (Lipinski definition) is 1. The van der Waals surface area contributed by atoms with E-state index in [1.165, 1.54) is 16.4 Å². The molecular weight excluding hydrogens is 440 g/mol. The molecule has 1 heterocycles. The van der Waals surface area contributed by atoms with E-state index in [9.17, 15) is 13.2 Å². The van der Waals surface area contributed by atoms with Gasteiger partial charge in [-0.2, -0.15) is 4.31 Å². The van der Waals surface area contributed by atoms with E-state index in [0.717, 1.165) is 22.1 Å². The number of rotatable bonds is 6. The SMILES string of the molecule is COc1ccc2cc(C=CC(=O)Nc3ccc(C)c(S(=O)(=O)N4CCOCC4)c3)ccc2c1. The molecule has 0 bridgehead atoms. The van der Waals surface area contributed by atoms with Crippen molar-refractivity contribution in [3.8, 4) is 5.75 Å². The minimum Gasteiger partial charge on any atom is -0.497 e. The lowest BCUT2D eigenvalue weighted by Crippen LogP contribution is -2.40. The van der Waals surface area contributed by atoms with Crippen molar-refractivity contribution in [3.05, 3.63) is 71.8 Å². The second kappa shape index (κ2) is 9.74. The molecule has 0 atom stereocenters. The second-order valence-electron chi connectivity index (χ2n) is 7.79. The Morgan fingerprint density at radius 3 is 2.52 bits per heavy atom. The van der Waals surface area contributed by atoms with Crippen molar-refractivity contribution >= 4 is 38.5 Å². The van der Waals surface area contributed by atoms with Crippen LogP contribution in [0.25, 0.3) is 16.8 Å². The van der Waals surface area contributed by atoms with Gasteiger partial charge in [0.25, 0.3) is 0 Å². The lowest BCUT2D eigenvalue weighted by atomic mass is 10.1. The fourth-order valence-electron chi connectivity index (χ4n) is 3.71. The van der Waals surface area contributed by atoms with Crippen LogP contribution in [0.5, 0.6) is 5.75 Å². The number of carbonyl (C=O) groups excluding carboxylic acids is 1. The van der Waals surface area contributed by atoms with Gasteiger partial charge in [-0.3, -0.25) is 4.79 Å². The molecule has 1 saturated heterocycles. The highest BCUT2D eigenvalue weighted by Crippen LogP contribution is 2.25. The maximum Gasteiger partial charge on any atom is 0.248 e. The van der Waals surface area contributed by atoms with Crippen molar-refractivity contribution in [1.82, 2.24) is 4.31 Å². The van der Waals surface area contributed by atoms with Crippen molar-refractivity contribution < 1.29 is 22.7 Å². The van der Waals surface area contributed by atoms with E-state index in [0.29, 0.717) is 37.6 Å². The zero-order valence-corrected chi connectivity index (χ0v) is 19.4. The van der Waals surface area contributed by atoms with Gasteiger partial charge < -0.3 is 14.8 Å². The van der Waals surface area contributed by atoms with Crippen LogP contribution >= 0.6 is 0 Å². The Labute approximate surface area is 193 Å². The molecule has 7 nitrogen and oxygen atoms in total. The molecule has 3 aromatic rings. The van der Waals surface area contributed by atoms with Gasteiger partial charge in [0.05, 0.1) is 25.2 Å². The van der Waals surface area contributed by atoms with Crippen LogP contribution in [-0.4, -0.2) is 52.0 Å². The van der Waals surface area contributed by atoms with Crippen molar-refractivity contribution in [1.29, 1.82) is 0 Å². The van der Waals surface area contributed by atoms with Gasteiger partial charge in [0.15, 0.2) is 0 Å². The summed E-state index contributed by atoms with van der Waals surface area (Å²) in [7, 11) is -2.03. The number of amides is 1. The maximum atomic E-state index is 13.0. The van der Waals surface area contributed by atoms with Gasteiger partial charge in [-0.1, -0.05) is 24.3 Å². The van der Waals surface area contributed by atoms with E-state index >= 15 is 0 Å². The fourth-order valence-corrected chi connectivity index (χ4v) is 5.37. The maximum absolute atomic E-state index is 13.0. The fraction of sp³-hybridized carbons (Fsp3) is 0.240. The van der Waals surface area contributed by atoms with E-state index in [1.54, 1.807) is 32.2 Å². The van der Waals surface area contributed by atoms with Crippen molar-refractivity contribution in [2.24, 2.45) is 0 Å². The first-order valence-electron chi connectivity index (χ1n) is 10.6. The number of nitrogens with zero attached hydrogens (tertiary/aromatic N) is 1. The number of aryl methyl sites for hydroxylation is 1. The lowest BCUT2D eigenvalue weighted by molar-refractivity contribution is -0.111. The molecule has 0 unspecified atom stereocenters. The quantitative estimate of drug-likeness (QED) is 0.558. The van der Waals surface area contributed by atoms with Gasteiger partial charge in [0.2, 0.25) is 15.9 Å². The lowest BCUT2D eigenvalue weighted by Gasteiger charge is -2.26. The summed E-state index contributed by atoms with van der Waals surface area (Å²) >= 11 is 0. The van der Waals surface area contributed by atoms with E-state index in [4.69, 9.17) is 9.47 Å². The summed E-state index contributed by atoms with van der Waals surface area (Å²) in [5, 5.41) is 4.84. The van der Waals surface area contributed by atoms with Crippen molar-refractivity contribution in [2.75, 3.05) is 38.7 Å². The number of hydrogen-bond acceptors (Lipinski definition) is 5. The Hall–Kier alpha value is -3.20. The molecule has 0 radical (unpaired) electrons. The molecule has 0 spiro atoms. The van der Waals surface area contributed by atoms with E-state index in [-0.39, 0.29) is 10.8 Å². The van der Waals surface area contributed by atoms with Gasteiger partial charge in [-0.25, -0.2) is 8.42 Å². The smallest absolute Gasteiger partial charge is 0.248 e. The molecule has 3 aromatic carbocycles.